The molecular weight excluding hydrogens is 264 g/mol. The van der Waals surface area contributed by atoms with E-state index in [1.165, 1.54) is 12.1 Å². The van der Waals surface area contributed by atoms with Gasteiger partial charge in [-0.2, -0.15) is 0 Å². The lowest BCUT2D eigenvalue weighted by molar-refractivity contribution is -0.149. The molecule has 6 heteroatoms. The van der Waals surface area contributed by atoms with Crippen molar-refractivity contribution in [2.75, 3.05) is 6.61 Å². The Bertz CT molecular complexity index is 468. The first-order chi connectivity index (χ1) is 9.54. The van der Waals surface area contributed by atoms with Crippen molar-refractivity contribution in [1.29, 1.82) is 0 Å². The number of carbonyl (C=O) groups excluding carboxylic acids is 2. The summed E-state index contributed by atoms with van der Waals surface area (Å²) >= 11 is 0. The van der Waals surface area contributed by atoms with Gasteiger partial charge in [-0.15, -0.1) is 0 Å². The van der Waals surface area contributed by atoms with Crippen molar-refractivity contribution in [1.82, 2.24) is 0 Å². The quantitative estimate of drug-likeness (QED) is 0.764. The van der Waals surface area contributed by atoms with Crippen LogP contribution in [0.3, 0.4) is 0 Å². The summed E-state index contributed by atoms with van der Waals surface area (Å²) in [5.41, 5.74) is 0.259. The lowest BCUT2D eigenvalue weighted by Crippen LogP contribution is -2.28. The van der Waals surface area contributed by atoms with E-state index in [4.69, 9.17) is 9.84 Å². The van der Waals surface area contributed by atoms with E-state index in [1.807, 2.05) is 0 Å². The Morgan fingerprint density at radius 1 is 1.20 bits per heavy atom. The van der Waals surface area contributed by atoms with Gasteiger partial charge >= 0.3 is 17.9 Å². The number of rotatable bonds is 7. The number of aliphatic carboxylic acids is 1. The van der Waals surface area contributed by atoms with Crippen LogP contribution in [-0.2, 0) is 19.1 Å². The fourth-order valence-corrected chi connectivity index (χ4v) is 1.49. The number of esters is 2. The predicted octanol–water partition coefficient (Wildman–Crippen LogP) is 1.64. The molecule has 0 heterocycles. The van der Waals surface area contributed by atoms with Crippen LogP contribution >= 0.6 is 0 Å². The summed E-state index contributed by atoms with van der Waals surface area (Å²) in [7, 11) is 0. The second-order valence-electron chi connectivity index (χ2n) is 3.94. The molecule has 0 amide bonds. The first kappa shape index (κ1) is 15.7. The third-order valence-electron chi connectivity index (χ3n) is 2.45. The fourth-order valence-electron chi connectivity index (χ4n) is 1.49. The standard InChI is InChI=1S/C14H16O6/c1-2-19-12(15)9-8-11(13(16)17)20-14(18)10-6-4-3-5-7-10/h3-7,11H,2,8-9H2,1H3,(H,16,17)/t11-/m0/s1. The van der Waals surface area contributed by atoms with Crippen LogP contribution in [0.4, 0.5) is 0 Å². The molecule has 0 aliphatic heterocycles. The average Bonchev–Trinajstić information content (AvgIpc) is 2.44. The minimum Gasteiger partial charge on any atom is -0.479 e. The number of carboxylic acid groups (broad SMARTS) is 1. The van der Waals surface area contributed by atoms with Gasteiger partial charge in [-0.25, -0.2) is 9.59 Å². The molecule has 108 valence electrons. The molecule has 0 saturated heterocycles. The molecule has 1 atom stereocenters. The van der Waals surface area contributed by atoms with Crippen LogP contribution in [0.2, 0.25) is 0 Å². The molecule has 1 aromatic carbocycles. The SMILES string of the molecule is CCOC(=O)CC[C@H](OC(=O)c1ccccc1)C(=O)O. The molecule has 0 saturated carbocycles. The maximum absolute atomic E-state index is 11.7. The summed E-state index contributed by atoms with van der Waals surface area (Å²) in [5, 5.41) is 8.98. The van der Waals surface area contributed by atoms with E-state index < -0.39 is 24.0 Å². The third kappa shape index (κ3) is 5.09. The Labute approximate surface area is 116 Å². The van der Waals surface area contributed by atoms with Crippen LogP contribution in [0.5, 0.6) is 0 Å². The van der Waals surface area contributed by atoms with Gasteiger partial charge in [0.15, 0.2) is 6.10 Å². The van der Waals surface area contributed by atoms with Crippen molar-refractivity contribution in [3.05, 3.63) is 35.9 Å². The van der Waals surface area contributed by atoms with E-state index in [-0.39, 0.29) is 25.0 Å². The highest BCUT2D eigenvalue weighted by molar-refractivity contribution is 5.91. The van der Waals surface area contributed by atoms with Gasteiger partial charge in [0.1, 0.15) is 0 Å². The van der Waals surface area contributed by atoms with Crippen LogP contribution < -0.4 is 0 Å². The van der Waals surface area contributed by atoms with E-state index in [9.17, 15) is 14.4 Å². The summed E-state index contributed by atoms with van der Waals surface area (Å²) in [6, 6.07) is 8.06. The normalized spacial score (nSPS) is 11.4. The Balaban J connectivity index is 2.57. The van der Waals surface area contributed by atoms with E-state index >= 15 is 0 Å². The van der Waals surface area contributed by atoms with Gasteiger partial charge in [0.05, 0.1) is 12.2 Å². The molecular formula is C14H16O6. The third-order valence-corrected chi connectivity index (χ3v) is 2.45. The molecule has 1 aromatic rings. The van der Waals surface area contributed by atoms with Crippen molar-refractivity contribution in [3.8, 4) is 0 Å². The topological polar surface area (TPSA) is 89.9 Å². The highest BCUT2D eigenvalue weighted by Gasteiger charge is 2.24. The second-order valence-corrected chi connectivity index (χ2v) is 3.94. The first-order valence-electron chi connectivity index (χ1n) is 6.19. The van der Waals surface area contributed by atoms with Crippen molar-refractivity contribution < 1.29 is 29.0 Å². The molecule has 0 bridgehead atoms. The van der Waals surface area contributed by atoms with Crippen LogP contribution in [0.15, 0.2) is 30.3 Å². The molecule has 20 heavy (non-hydrogen) atoms. The summed E-state index contributed by atoms with van der Waals surface area (Å²) in [4.78, 5) is 33.9. The summed E-state index contributed by atoms with van der Waals surface area (Å²) in [6.07, 6.45) is -1.60. The number of hydrogen-bond acceptors (Lipinski definition) is 5. The van der Waals surface area contributed by atoms with Gasteiger partial charge in [0.25, 0.3) is 0 Å². The second kappa shape index (κ2) is 7.93. The molecule has 0 radical (unpaired) electrons. The summed E-state index contributed by atoms with van der Waals surface area (Å²) in [5.74, 6) is -2.55. The lowest BCUT2D eigenvalue weighted by Gasteiger charge is -2.13. The average molecular weight is 280 g/mol. The van der Waals surface area contributed by atoms with Gasteiger partial charge in [-0.3, -0.25) is 4.79 Å². The monoisotopic (exact) mass is 280 g/mol. The maximum atomic E-state index is 11.7. The predicted molar refractivity (Wildman–Crippen MR) is 69.1 cm³/mol. The van der Waals surface area contributed by atoms with Crippen LogP contribution in [0.1, 0.15) is 30.1 Å². The minimum absolute atomic E-state index is 0.118. The Morgan fingerprint density at radius 3 is 2.40 bits per heavy atom. The largest absolute Gasteiger partial charge is 0.479 e. The van der Waals surface area contributed by atoms with Gasteiger partial charge in [-0.1, -0.05) is 18.2 Å². The molecule has 0 aromatic heterocycles. The molecule has 0 aliphatic carbocycles. The van der Waals surface area contributed by atoms with E-state index in [0.717, 1.165) is 0 Å². The summed E-state index contributed by atoms with van der Waals surface area (Å²) in [6.45, 7) is 1.88. The molecule has 1 N–H and O–H groups in total. The zero-order valence-corrected chi connectivity index (χ0v) is 11.1. The first-order valence-corrected chi connectivity index (χ1v) is 6.19. The van der Waals surface area contributed by atoms with Gasteiger partial charge < -0.3 is 14.6 Å². The smallest absolute Gasteiger partial charge is 0.345 e. The zero-order valence-electron chi connectivity index (χ0n) is 11.1. The molecule has 0 fully saturated rings. The van der Waals surface area contributed by atoms with Crippen molar-refractivity contribution in [2.24, 2.45) is 0 Å². The minimum atomic E-state index is -1.37. The van der Waals surface area contributed by atoms with Crippen LogP contribution in [0, 0.1) is 0 Å². The van der Waals surface area contributed by atoms with Crippen molar-refractivity contribution in [2.45, 2.75) is 25.9 Å². The number of benzene rings is 1. The number of ether oxygens (including phenoxy) is 2. The fraction of sp³-hybridized carbons (Fsp3) is 0.357. The number of carboxylic acids is 1. The van der Waals surface area contributed by atoms with Gasteiger partial charge in [-0.05, 0) is 19.1 Å². The highest BCUT2D eigenvalue weighted by atomic mass is 16.6. The zero-order chi connectivity index (χ0) is 15.0. The molecule has 1 rings (SSSR count). The molecule has 0 spiro atoms. The lowest BCUT2D eigenvalue weighted by atomic mass is 10.2. The number of carbonyl (C=O) groups is 3. The van der Waals surface area contributed by atoms with Crippen molar-refractivity contribution in [3.63, 3.8) is 0 Å². The molecule has 0 unspecified atom stereocenters. The van der Waals surface area contributed by atoms with Crippen LogP contribution in [-0.4, -0.2) is 35.7 Å². The highest BCUT2D eigenvalue weighted by Crippen LogP contribution is 2.09. The summed E-state index contributed by atoms with van der Waals surface area (Å²) < 4.78 is 9.57. The van der Waals surface area contributed by atoms with E-state index in [1.54, 1.807) is 25.1 Å². The Hall–Kier alpha value is -2.37. The number of hydrogen-bond donors (Lipinski definition) is 1. The Morgan fingerprint density at radius 2 is 1.85 bits per heavy atom. The Kier molecular flexibility index (Phi) is 6.22. The maximum Gasteiger partial charge on any atom is 0.345 e. The van der Waals surface area contributed by atoms with E-state index in [2.05, 4.69) is 4.74 Å². The van der Waals surface area contributed by atoms with Crippen LogP contribution in [0.25, 0.3) is 0 Å². The molecule has 0 aliphatic rings. The van der Waals surface area contributed by atoms with Crippen molar-refractivity contribution >= 4 is 17.9 Å². The van der Waals surface area contributed by atoms with E-state index in [0.29, 0.717) is 0 Å². The van der Waals surface area contributed by atoms with Gasteiger partial charge in [0, 0.05) is 12.8 Å². The molecule has 6 nitrogen and oxygen atoms in total. The van der Waals surface area contributed by atoms with Gasteiger partial charge in [0.2, 0.25) is 0 Å².